The van der Waals surface area contributed by atoms with Crippen LogP contribution in [0.5, 0.6) is 5.75 Å². The highest BCUT2D eigenvalue weighted by atomic mass is 32.1. The standard InChI is InChI=1S/C26H37N5O4S/c1-19(32)7-5-4-6-8-22(27-24(33)17-31-15-13-30(2)14-16-31)25(34)29-26-28-23(18-36-26)20-9-11-21(35-3)12-10-20/h9-12,18,22H,4-8,13-17H2,1-3H3,(H,27,33)(H,28,29,34). The lowest BCUT2D eigenvalue weighted by molar-refractivity contribution is -0.127. The van der Waals surface area contributed by atoms with Crippen molar-refractivity contribution >= 4 is 34.1 Å². The summed E-state index contributed by atoms with van der Waals surface area (Å²) in [5.74, 6) is 0.507. The fourth-order valence-electron chi connectivity index (χ4n) is 4.04. The van der Waals surface area contributed by atoms with E-state index in [1.165, 1.54) is 11.3 Å². The molecule has 1 fully saturated rings. The smallest absolute Gasteiger partial charge is 0.248 e. The number of unbranched alkanes of at least 4 members (excludes halogenated alkanes) is 2. The van der Waals surface area contributed by atoms with E-state index < -0.39 is 6.04 Å². The molecule has 1 saturated heterocycles. The van der Waals surface area contributed by atoms with Gasteiger partial charge in [0.15, 0.2) is 5.13 Å². The van der Waals surface area contributed by atoms with Gasteiger partial charge in [-0.3, -0.25) is 14.5 Å². The zero-order valence-corrected chi connectivity index (χ0v) is 22.2. The molecule has 36 heavy (non-hydrogen) atoms. The lowest BCUT2D eigenvalue weighted by atomic mass is 10.1. The molecular weight excluding hydrogens is 478 g/mol. The van der Waals surface area contributed by atoms with Crippen LogP contribution in [0.25, 0.3) is 11.3 Å². The summed E-state index contributed by atoms with van der Waals surface area (Å²) < 4.78 is 5.20. The number of methoxy groups -OCH3 is 1. The summed E-state index contributed by atoms with van der Waals surface area (Å²) in [4.78, 5) is 46.0. The number of ketones is 1. The number of hydrogen-bond donors (Lipinski definition) is 2. The van der Waals surface area contributed by atoms with Gasteiger partial charge in [0.25, 0.3) is 0 Å². The molecule has 1 aromatic carbocycles. The molecule has 1 aromatic heterocycles. The normalized spacial score (nSPS) is 15.3. The Morgan fingerprint density at radius 3 is 2.47 bits per heavy atom. The van der Waals surface area contributed by atoms with Crippen molar-refractivity contribution in [3.63, 3.8) is 0 Å². The first kappa shape index (κ1) is 27.8. The van der Waals surface area contributed by atoms with Crippen LogP contribution in [0.3, 0.4) is 0 Å². The number of ether oxygens (including phenoxy) is 1. The van der Waals surface area contributed by atoms with E-state index in [-0.39, 0.29) is 24.1 Å². The Morgan fingerprint density at radius 2 is 1.81 bits per heavy atom. The average Bonchev–Trinajstić information content (AvgIpc) is 3.32. The van der Waals surface area contributed by atoms with E-state index in [0.29, 0.717) is 18.0 Å². The summed E-state index contributed by atoms with van der Waals surface area (Å²) in [5, 5.41) is 8.20. The summed E-state index contributed by atoms with van der Waals surface area (Å²) in [6.07, 6.45) is 3.41. The Labute approximate surface area is 217 Å². The molecule has 2 N–H and O–H groups in total. The highest BCUT2D eigenvalue weighted by molar-refractivity contribution is 7.14. The maximum Gasteiger partial charge on any atom is 0.248 e. The monoisotopic (exact) mass is 515 g/mol. The van der Waals surface area contributed by atoms with Gasteiger partial charge in [0.1, 0.15) is 17.6 Å². The van der Waals surface area contributed by atoms with Crippen LogP contribution in [-0.4, -0.2) is 85.3 Å². The quantitative estimate of drug-likeness (QED) is 0.395. The predicted molar refractivity (Wildman–Crippen MR) is 142 cm³/mol. The number of carbonyl (C=O) groups excluding carboxylic acids is 3. The molecule has 1 unspecified atom stereocenters. The second kappa shape index (κ2) is 14.1. The molecule has 10 heteroatoms. The average molecular weight is 516 g/mol. The van der Waals surface area contributed by atoms with Gasteiger partial charge in [-0.1, -0.05) is 12.8 Å². The topological polar surface area (TPSA) is 104 Å². The van der Waals surface area contributed by atoms with Crippen molar-refractivity contribution in [2.75, 3.05) is 52.2 Å². The summed E-state index contributed by atoms with van der Waals surface area (Å²) in [7, 11) is 3.69. The molecule has 0 aliphatic carbocycles. The van der Waals surface area contributed by atoms with Crippen LogP contribution in [0.4, 0.5) is 5.13 Å². The molecule has 196 valence electrons. The summed E-state index contributed by atoms with van der Waals surface area (Å²) >= 11 is 1.35. The molecule has 9 nitrogen and oxygen atoms in total. The largest absolute Gasteiger partial charge is 0.497 e. The molecule has 2 amide bonds. The minimum absolute atomic E-state index is 0.151. The van der Waals surface area contributed by atoms with E-state index in [1.807, 2.05) is 29.6 Å². The van der Waals surface area contributed by atoms with Crippen molar-refractivity contribution in [3.05, 3.63) is 29.6 Å². The van der Waals surface area contributed by atoms with Crippen LogP contribution in [0.15, 0.2) is 29.6 Å². The SMILES string of the molecule is COc1ccc(-c2csc(NC(=O)C(CCCCCC(C)=O)NC(=O)CN3CCN(C)CC3)n2)cc1. The number of amides is 2. The summed E-state index contributed by atoms with van der Waals surface area (Å²) in [6.45, 7) is 5.38. The van der Waals surface area contributed by atoms with Crippen molar-refractivity contribution in [2.45, 2.75) is 45.1 Å². The van der Waals surface area contributed by atoms with Gasteiger partial charge in [-0.2, -0.15) is 0 Å². The van der Waals surface area contributed by atoms with Gasteiger partial charge in [-0.25, -0.2) is 4.98 Å². The van der Waals surface area contributed by atoms with Crippen LogP contribution in [0.2, 0.25) is 0 Å². The van der Waals surface area contributed by atoms with Crippen LogP contribution in [-0.2, 0) is 14.4 Å². The first-order chi connectivity index (χ1) is 17.3. The van der Waals surface area contributed by atoms with E-state index in [4.69, 9.17) is 4.74 Å². The first-order valence-electron chi connectivity index (χ1n) is 12.4. The number of aromatic nitrogens is 1. The van der Waals surface area contributed by atoms with Crippen LogP contribution in [0.1, 0.15) is 39.0 Å². The molecule has 1 atom stereocenters. The van der Waals surface area contributed by atoms with E-state index >= 15 is 0 Å². The minimum atomic E-state index is -0.657. The summed E-state index contributed by atoms with van der Waals surface area (Å²) in [5.41, 5.74) is 1.69. The Bertz CT molecular complexity index is 1000. The Balaban J connectivity index is 1.58. The van der Waals surface area contributed by atoms with Gasteiger partial charge in [0.2, 0.25) is 11.8 Å². The second-order valence-electron chi connectivity index (χ2n) is 9.26. The third kappa shape index (κ3) is 9.00. The van der Waals surface area contributed by atoms with Crippen LogP contribution in [0, 0.1) is 0 Å². The molecule has 0 radical (unpaired) electrons. The van der Waals surface area contributed by atoms with Gasteiger partial charge >= 0.3 is 0 Å². The zero-order valence-electron chi connectivity index (χ0n) is 21.4. The fraction of sp³-hybridized carbons (Fsp3) is 0.538. The molecule has 0 saturated carbocycles. The lowest BCUT2D eigenvalue weighted by Crippen LogP contribution is -2.51. The van der Waals surface area contributed by atoms with Crippen LogP contribution < -0.4 is 15.4 Å². The number of Topliss-reactive ketones (excluding diaryl/α,β-unsaturated/α-hetero) is 1. The van der Waals surface area contributed by atoms with E-state index in [0.717, 1.165) is 62.4 Å². The van der Waals surface area contributed by atoms with E-state index in [9.17, 15) is 14.4 Å². The Hall–Kier alpha value is -2.82. The third-order valence-electron chi connectivity index (χ3n) is 6.26. The van der Waals surface area contributed by atoms with Crippen molar-refractivity contribution in [1.29, 1.82) is 0 Å². The highest BCUT2D eigenvalue weighted by Gasteiger charge is 2.24. The molecule has 0 spiro atoms. The zero-order chi connectivity index (χ0) is 25.9. The Morgan fingerprint density at radius 1 is 1.08 bits per heavy atom. The van der Waals surface area contributed by atoms with Gasteiger partial charge in [-0.15, -0.1) is 11.3 Å². The van der Waals surface area contributed by atoms with Crippen molar-refractivity contribution in [1.82, 2.24) is 20.1 Å². The second-order valence-corrected chi connectivity index (χ2v) is 10.1. The number of carbonyl (C=O) groups is 3. The molecule has 3 rings (SSSR count). The minimum Gasteiger partial charge on any atom is -0.497 e. The number of rotatable bonds is 13. The molecule has 2 heterocycles. The number of hydrogen-bond acceptors (Lipinski definition) is 8. The summed E-state index contributed by atoms with van der Waals surface area (Å²) in [6, 6.07) is 6.91. The number of benzene rings is 1. The van der Waals surface area contributed by atoms with Gasteiger partial charge in [0.05, 0.1) is 19.3 Å². The van der Waals surface area contributed by atoms with Crippen LogP contribution >= 0.6 is 11.3 Å². The van der Waals surface area contributed by atoms with E-state index in [1.54, 1.807) is 14.0 Å². The molecule has 2 aromatic rings. The Kier molecular flexibility index (Phi) is 10.8. The number of nitrogens with zero attached hydrogens (tertiary/aromatic N) is 3. The maximum absolute atomic E-state index is 13.1. The fourth-order valence-corrected chi connectivity index (χ4v) is 4.76. The number of anilines is 1. The maximum atomic E-state index is 13.1. The molecular formula is C26H37N5O4S. The van der Waals surface area contributed by atoms with Crippen molar-refractivity contribution in [2.24, 2.45) is 0 Å². The first-order valence-corrected chi connectivity index (χ1v) is 13.3. The number of piperazine rings is 1. The molecule has 1 aliphatic rings. The van der Waals surface area contributed by atoms with Gasteiger partial charge < -0.3 is 25.1 Å². The lowest BCUT2D eigenvalue weighted by Gasteiger charge is -2.32. The predicted octanol–water partition coefficient (Wildman–Crippen LogP) is 3.03. The van der Waals surface area contributed by atoms with E-state index in [2.05, 4.69) is 32.5 Å². The van der Waals surface area contributed by atoms with Crippen molar-refractivity contribution in [3.8, 4) is 17.0 Å². The number of thiazole rings is 1. The molecule has 1 aliphatic heterocycles. The third-order valence-corrected chi connectivity index (χ3v) is 7.01. The number of nitrogens with one attached hydrogen (secondary N) is 2. The van der Waals surface area contributed by atoms with Crippen molar-refractivity contribution < 1.29 is 19.1 Å². The highest BCUT2D eigenvalue weighted by Crippen LogP contribution is 2.26. The molecule has 0 bridgehead atoms. The van der Waals surface area contributed by atoms with Gasteiger partial charge in [0, 0.05) is 43.5 Å². The van der Waals surface area contributed by atoms with Gasteiger partial charge in [-0.05, 0) is 51.1 Å². The number of likely N-dealkylation sites (N-methyl/N-ethyl adjacent to an activating group) is 1.